The molecule has 1 N–H and O–H groups in total. The molecule has 0 radical (unpaired) electrons. The van der Waals surface area contributed by atoms with Crippen molar-refractivity contribution in [3.8, 4) is 0 Å². The number of hydrogen-bond acceptors (Lipinski definition) is 2. The van der Waals surface area contributed by atoms with E-state index in [1.807, 2.05) is 4.90 Å². The number of halogens is 1. The molecule has 0 aromatic heterocycles. The van der Waals surface area contributed by atoms with Gasteiger partial charge in [0.1, 0.15) is 11.7 Å². The molecule has 1 saturated heterocycles. The first kappa shape index (κ1) is 11.7. The van der Waals surface area contributed by atoms with Crippen LogP contribution in [0.25, 0.3) is 0 Å². The van der Waals surface area contributed by atoms with E-state index in [0.29, 0.717) is 11.9 Å². The molecule has 0 aliphatic carbocycles. The molecule has 2 aliphatic rings. The number of rotatable bonds is 3. The van der Waals surface area contributed by atoms with Crippen molar-refractivity contribution in [3.05, 3.63) is 35.1 Å². The molecule has 1 aromatic carbocycles. The average molecular weight is 248 g/mol. The van der Waals surface area contributed by atoms with Gasteiger partial charge in [0.15, 0.2) is 0 Å². The zero-order valence-electron chi connectivity index (χ0n) is 10.3. The Balaban J connectivity index is 1.64. The summed E-state index contributed by atoms with van der Waals surface area (Å²) in [6, 6.07) is 4.71. The number of fused-ring (bicyclic) bond motifs is 1. The lowest BCUT2D eigenvalue weighted by molar-refractivity contribution is 0.0985. The largest absolute Gasteiger partial charge is 0.378 e. The predicted molar refractivity (Wildman–Crippen MR) is 67.2 cm³/mol. The summed E-state index contributed by atoms with van der Waals surface area (Å²) in [5.74, 6) is 0.182. The summed E-state index contributed by atoms with van der Waals surface area (Å²) >= 11 is 0. The summed E-state index contributed by atoms with van der Waals surface area (Å²) in [4.78, 5) is 2.01. The molecule has 96 valence electrons. The molecule has 2 heterocycles. The number of nitrogens with zero attached hydrogens (tertiary/aromatic N) is 1. The normalized spacial score (nSPS) is 22.6. The fraction of sp³-hybridized carbons (Fsp3) is 0.500. The molecule has 3 rings (SSSR count). The van der Waals surface area contributed by atoms with E-state index in [0.717, 1.165) is 50.1 Å². The lowest BCUT2D eigenvalue weighted by atomic mass is 10.1. The quantitative estimate of drug-likeness (QED) is 0.892. The van der Waals surface area contributed by atoms with Crippen molar-refractivity contribution in [2.45, 2.75) is 31.9 Å². The number of nitrogens with one attached hydrogen (secondary N) is 1. The van der Waals surface area contributed by atoms with Gasteiger partial charge in [-0.05, 0) is 37.0 Å². The zero-order valence-corrected chi connectivity index (χ0v) is 10.3. The topological polar surface area (TPSA) is 36.3 Å². The summed E-state index contributed by atoms with van der Waals surface area (Å²) in [6.07, 6.45) is 3.58. The van der Waals surface area contributed by atoms with Crippen molar-refractivity contribution in [3.63, 3.8) is 0 Å². The van der Waals surface area contributed by atoms with Gasteiger partial charge in [0.25, 0.3) is 0 Å². The van der Waals surface area contributed by atoms with Gasteiger partial charge in [-0.3, -0.25) is 5.41 Å². The molecule has 1 atom stereocenters. The van der Waals surface area contributed by atoms with Crippen LogP contribution in [0, 0.1) is 11.2 Å². The molecule has 4 heteroatoms. The molecule has 1 fully saturated rings. The van der Waals surface area contributed by atoms with Gasteiger partial charge in [-0.2, -0.15) is 0 Å². The third-order valence-electron chi connectivity index (χ3n) is 3.75. The third-order valence-corrected chi connectivity index (χ3v) is 3.75. The number of amidine groups is 1. The maximum absolute atomic E-state index is 13.2. The van der Waals surface area contributed by atoms with E-state index in [2.05, 4.69) is 0 Å². The van der Waals surface area contributed by atoms with Crippen LogP contribution >= 0.6 is 0 Å². The highest BCUT2D eigenvalue weighted by Gasteiger charge is 2.25. The lowest BCUT2D eigenvalue weighted by Crippen LogP contribution is -2.27. The standard InChI is InChI=1S/C14H17FN2O/c15-11-4-3-10-9-17(14(16)13(10)8-11)6-5-12-2-1-7-18-12/h3-4,8,12,16H,1-2,5-7,9H2. The maximum atomic E-state index is 13.2. The summed E-state index contributed by atoms with van der Waals surface area (Å²) in [5.41, 5.74) is 1.79. The Bertz CT molecular complexity index is 469. The van der Waals surface area contributed by atoms with Gasteiger partial charge in [0.05, 0.1) is 6.10 Å². The van der Waals surface area contributed by atoms with Gasteiger partial charge in [-0.25, -0.2) is 4.39 Å². The van der Waals surface area contributed by atoms with Gasteiger partial charge < -0.3 is 9.64 Å². The zero-order chi connectivity index (χ0) is 12.5. The summed E-state index contributed by atoms with van der Waals surface area (Å²) in [6.45, 7) is 2.41. The van der Waals surface area contributed by atoms with E-state index in [4.69, 9.17) is 10.1 Å². The molecule has 0 spiro atoms. The first-order valence-electron chi connectivity index (χ1n) is 6.48. The second kappa shape index (κ2) is 4.69. The van der Waals surface area contributed by atoms with E-state index in [1.54, 1.807) is 6.07 Å². The van der Waals surface area contributed by atoms with Gasteiger partial charge >= 0.3 is 0 Å². The Morgan fingerprint density at radius 2 is 2.33 bits per heavy atom. The summed E-state index contributed by atoms with van der Waals surface area (Å²) < 4.78 is 18.7. The number of hydrogen-bond donors (Lipinski definition) is 1. The van der Waals surface area contributed by atoms with Crippen molar-refractivity contribution in [1.29, 1.82) is 5.41 Å². The Labute approximate surface area is 106 Å². The van der Waals surface area contributed by atoms with Crippen LogP contribution in [0.4, 0.5) is 4.39 Å². The second-order valence-corrected chi connectivity index (χ2v) is 5.00. The van der Waals surface area contributed by atoms with E-state index < -0.39 is 0 Å². The summed E-state index contributed by atoms with van der Waals surface area (Å²) in [5, 5.41) is 8.08. The van der Waals surface area contributed by atoms with Gasteiger partial charge in [-0.15, -0.1) is 0 Å². The van der Waals surface area contributed by atoms with Crippen molar-refractivity contribution in [2.24, 2.45) is 0 Å². The molecule has 1 unspecified atom stereocenters. The van der Waals surface area contributed by atoms with Crippen molar-refractivity contribution in [2.75, 3.05) is 13.2 Å². The van der Waals surface area contributed by atoms with E-state index in [-0.39, 0.29) is 5.82 Å². The van der Waals surface area contributed by atoms with E-state index in [1.165, 1.54) is 12.1 Å². The van der Waals surface area contributed by atoms with Crippen LogP contribution in [0.15, 0.2) is 18.2 Å². The van der Waals surface area contributed by atoms with Crippen molar-refractivity contribution in [1.82, 2.24) is 4.90 Å². The van der Waals surface area contributed by atoms with Crippen LogP contribution in [0.1, 0.15) is 30.4 Å². The van der Waals surface area contributed by atoms with Crippen LogP contribution in [-0.4, -0.2) is 30.0 Å². The molecule has 0 amide bonds. The molecule has 1 aromatic rings. The van der Waals surface area contributed by atoms with Crippen LogP contribution in [0.3, 0.4) is 0 Å². The Hall–Kier alpha value is -1.42. The summed E-state index contributed by atoms with van der Waals surface area (Å²) in [7, 11) is 0. The van der Waals surface area contributed by atoms with Gasteiger partial charge in [0, 0.05) is 25.3 Å². The molecule has 0 bridgehead atoms. The molecule has 3 nitrogen and oxygen atoms in total. The Morgan fingerprint density at radius 3 is 3.11 bits per heavy atom. The van der Waals surface area contributed by atoms with Crippen LogP contribution in [-0.2, 0) is 11.3 Å². The first-order chi connectivity index (χ1) is 8.74. The highest BCUT2D eigenvalue weighted by molar-refractivity contribution is 6.00. The maximum Gasteiger partial charge on any atom is 0.128 e. The second-order valence-electron chi connectivity index (χ2n) is 5.00. The fourth-order valence-corrected chi connectivity index (χ4v) is 2.72. The molecule has 2 aliphatic heterocycles. The van der Waals surface area contributed by atoms with E-state index >= 15 is 0 Å². The van der Waals surface area contributed by atoms with Gasteiger partial charge in [-0.1, -0.05) is 6.07 Å². The fourth-order valence-electron chi connectivity index (χ4n) is 2.72. The highest BCUT2D eigenvalue weighted by Crippen LogP contribution is 2.25. The lowest BCUT2D eigenvalue weighted by Gasteiger charge is -2.19. The minimum atomic E-state index is -0.264. The molecular formula is C14H17FN2O. The highest BCUT2D eigenvalue weighted by atomic mass is 19.1. The predicted octanol–water partition coefficient (Wildman–Crippen LogP) is 2.54. The third kappa shape index (κ3) is 2.12. The van der Waals surface area contributed by atoms with Gasteiger partial charge in [0.2, 0.25) is 0 Å². The average Bonchev–Trinajstić information content (AvgIpc) is 2.97. The minimum absolute atomic E-state index is 0.264. The number of ether oxygens (including phenoxy) is 1. The Kier molecular flexibility index (Phi) is 3.04. The molecular weight excluding hydrogens is 231 g/mol. The number of benzene rings is 1. The monoisotopic (exact) mass is 248 g/mol. The van der Waals surface area contributed by atoms with Crippen LogP contribution in [0.2, 0.25) is 0 Å². The Morgan fingerprint density at radius 1 is 1.44 bits per heavy atom. The van der Waals surface area contributed by atoms with E-state index in [9.17, 15) is 4.39 Å². The van der Waals surface area contributed by atoms with Crippen LogP contribution < -0.4 is 0 Å². The molecule has 0 saturated carbocycles. The van der Waals surface area contributed by atoms with Crippen molar-refractivity contribution >= 4 is 5.84 Å². The smallest absolute Gasteiger partial charge is 0.128 e. The first-order valence-corrected chi connectivity index (χ1v) is 6.48. The van der Waals surface area contributed by atoms with Crippen molar-refractivity contribution < 1.29 is 9.13 Å². The SMILES string of the molecule is N=C1c2cc(F)ccc2CN1CCC1CCCO1. The minimum Gasteiger partial charge on any atom is -0.378 e. The molecule has 18 heavy (non-hydrogen) atoms. The van der Waals surface area contributed by atoms with Crippen LogP contribution in [0.5, 0.6) is 0 Å².